The molecular formula is C9H9NO4. The van der Waals surface area contributed by atoms with Crippen LogP contribution in [0.15, 0.2) is 11.8 Å². The number of epoxide rings is 1. The van der Waals surface area contributed by atoms with Crippen LogP contribution in [-0.2, 0) is 19.1 Å². The normalized spacial score (nSPS) is 35.3. The fourth-order valence-electron chi connectivity index (χ4n) is 1.60. The van der Waals surface area contributed by atoms with Crippen LogP contribution in [-0.4, -0.2) is 29.2 Å². The zero-order valence-electron chi connectivity index (χ0n) is 7.79. The van der Waals surface area contributed by atoms with Crippen LogP contribution in [0.2, 0.25) is 0 Å². The third-order valence-electron chi connectivity index (χ3n) is 2.35. The summed E-state index contributed by atoms with van der Waals surface area (Å²) in [5.74, 6) is -1.29. The van der Waals surface area contributed by atoms with Gasteiger partial charge in [-0.2, -0.15) is 0 Å². The molecule has 0 aromatic rings. The number of rotatable bonds is 1. The Morgan fingerprint density at radius 1 is 1.57 bits per heavy atom. The van der Waals surface area contributed by atoms with Crippen LogP contribution in [0.1, 0.15) is 13.8 Å². The van der Waals surface area contributed by atoms with Gasteiger partial charge in [-0.3, -0.25) is 14.4 Å². The fraction of sp³-hybridized carbons (Fsp3) is 0.444. The molecule has 1 amide bonds. The molecule has 0 saturated carbocycles. The number of ketones is 2. The van der Waals surface area contributed by atoms with Crippen LogP contribution in [0.3, 0.4) is 0 Å². The highest BCUT2D eigenvalue weighted by Gasteiger charge is 2.70. The summed E-state index contributed by atoms with van der Waals surface area (Å²) in [4.78, 5) is 33.9. The summed E-state index contributed by atoms with van der Waals surface area (Å²) in [6, 6.07) is 0. The van der Waals surface area contributed by atoms with Crippen LogP contribution < -0.4 is 5.32 Å². The van der Waals surface area contributed by atoms with Crippen molar-refractivity contribution in [1.29, 1.82) is 0 Å². The van der Waals surface area contributed by atoms with Crippen LogP contribution in [0, 0.1) is 0 Å². The summed E-state index contributed by atoms with van der Waals surface area (Å²) < 4.78 is 4.92. The SMILES string of the molecule is CC(=O)[C@@H]1O[C@@]12C(=O)C=C(C)NC2=O. The Labute approximate surface area is 80.1 Å². The van der Waals surface area contributed by atoms with E-state index < -0.39 is 23.4 Å². The van der Waals surface area contributed by atoms with Gasteiger partial charge in [0.2, 0.25) is 11.4 Å². The first kappa shape index (κ1) is 9.08. The van der Waals surface area contributed by atoms with E-state index in [0.29, 0.717) is 5.70 Å². The third-order valence-corrected chi connectivity index (χ3v) is 2.35. The number of hydrogen-bond donors (Lipinski definition) is 1. The molecule has 2 aliphatic rings. The number of allylic oxidation sites excluding steroid dienone is 1. The summed E-state index contributed by atoms with van der Waals surface area (Å²) in [5.41, 5.74) is -1.07. The molecule has 2 atom stereocenters. The van der Waals surface area contributed by atoms with Crippen LogP contribution in [0.5, 0.6) is 0 Å². The van der Waals surface area contributed by atoms with Gasteiger partial charge < -0.3 is 10.1 Å². The fourth-order valence-corrected chi connectivity index (χ4v) is 1.60. The van der Waals surface area contributed by atoms with E-state index in [9.17, 15) is 14.4 Å². The Balaban J connectivity index is 2.35. The van der Waals surface area contributed by atoms with E-state index in [0.717, 1.165) is 0 Å². The van der Waals surface area contributed by atoms with E-state index in [4.69, 9.17) is 4.74 Å². The van der Waals surface area contributed by atoms with Crippen molar-refractivity contribution in [2.45, 2.75) is 25.6 Å². The van der Waals surface area contributed by atoms with Gasteiger partial charge in [-0.1, -0.05) is 0 Å². The number of ether oxygens (including phenoxy) is 1. The molecule has 14 heavy (non-hydrogen) atoms. The number of hydrogen-bond acceptors (Lipinski definition) is 4. The highest BCUT2D eigenvalue weighted by atomic mass is 16.6. The van der Waals surface area contributed by atoms with Crippen molar-refractivity contribution in [2.75, 3.05) is 0 Å². The molecule has 2 aliphatic heterocycles. The maximum absolute atomic E-state index is 11.5. The predicted molar refractivity (Wildman–Crippen MR) is 45.2 cm³/mol. The molecule has 5 nitrogen and oxygen atoms in total. The Kier molecular flexibility index (Phi) is 1.63. The van der Waals surface area contributed by atoms with Crippen molar-refractivity contribution in [1.82, 2.24) is 5.32 Å². The van der Waals surface area contributed by atoms with Gasteiger partial charge in [-0.25, -0.2) is 0 Å². The van der Waals surface area contributed by atoms with Crippen molar-refractivity contribution in [3.05, 3.63) is 11.8 Å². The van der Waals surface area contributed by atoms with Gasteiger partial charge >= 0.3 is 0 Å². The summed E-state index contributed by atoms with van der Waals surface area (Å²) in [6.45, 7) is 2.90. The van der Waals surface area contributed by atoms with Crippen LogP contribution in [0.4, 0.5) is 0 Å². The van der Waals surface area contributed by atoms with Crippen LogP contribution in [0.25, 0.3) is 0 Å². The Bertz CT molecular complexity index is 384. The van der Waals surface area contributed by atoms with E-state index in [-0.39, 0.29) is 5.78 Å². The van der Waals surface area contributed by atoms with Crippen molar-refractivity contribution >= 4 is 17.5 Å². The van der Waals surface area contributed by atoms with Crippen molar-refractivity contribution < 1.29 is 19.1 Å². The van der Waals surface area contributed by atoms with Gasteiger partial charge in [0.05, 0.1) is 0 Å². The number of carbonyl (C=O) groups excluding carboxylic acids is 3. The molecule has 1 spiro atoms. The highest BCUT2D eigenvalue weighted by Crippen LogP contribution is 2.40. The van der Waals surface area contributed by atoms with Gasteiger partial charge in [0.1, 0.15) is 0 Å². The second-order valence-corrected chi connectivity index (χ2v) is 3.49. The first-order valence-electron chi connectivity index (χ1n) is 4.21. The quantitative estimate of drug-likeness (QED) is 0.444. The summed E-state index contributed by atoms with van der Waals surface area (Å²) in [7, 11) is 0. The summed E-state index contributed by atoms with van der Waals surface area (Å²) >= 11 is 0. The largest absolute Gasteiger partial charge is 0.339 e. The number of Topliss-reactive ketones (excluding diaryl/α,β-unsaturated/α-hetero) is 1. The number of carbonyl (C=O) groups is 3. The van der Waals surface area contributed by atoms with Gasteiger partial charge in [0.15, 0.2) is 11.9 Å². The lowest BCUT2D eigenvalue weighted by molar-refractivity contribution is -0.134. The minimum Gasteiger partial charge on any atom is -0.339 e. The van der Waals surface area contributed by atoms with E-state index in [1.807, 2.05) is 0 Å². The highest BCUT2D eigenvalue weighted by molar-refractivity contribution is 6.23. The Morgan fingerprint density at radius 3 is 2.64 bits per heavy atom. The predicted octanol–water partition coefficient (Wildman–Crippen LogP) is -0.684. The molecule has 0 radical (unpaired) electrons. The Hall–Kier alpha value is -1.49. The Morgan fingerprint density at radius 2 is 2.21 bits per heavy atom. The van der Waals surface area contributed by atoms with Crippen molar-refractivity contribution in [2.24, 2.45) is 0 Å². The average Bonchev–Trinajstić information content (AvgIpc) is 2.76. The maximum atomic E-state index is 11.5. The molecule has 2 heterocycles. The van der Waals surface area contributed by atoms with Gasteiger partial charge in [-0.15, -0.1) is 0 Å². The molecule has 0 bridgehead atoms. The van der Waals surface area contributed by atoms with Gasteiger partial charge in [0.25, 0.3) is 5.91 Å². The molecule has 74 valence electrons. The summed E-state index contributed by atoms with van der Waals surface area (Å²) in [5, 5.41) is 2.47. The number of amides is 1. The lowest BCUT2D eigenvalue weighted by atomic mass is 9.93. The van der Waals surface area contributed by atoms with E-state index in [1.165, 1.54) is 13.0 Å². The zero-order chi connectivity index (χ0) is 10.5. The minimum atomic E-state index is -1.55. The van der Waals surface area contributed by atoms with Gasteiger partial charge in [-0.05, 0) is 13.8 Å². The topological polar surface area (TPSA) is 75.8 Å². The first-order valence-corrected chi connectivity index (χ1v) is 4.21. The zero-order valence-corrected chi connectivity index (χ0v) is 7.79. The van der Waals surface area contributed by atoms with E-state index in [2.05, 4.69) is 5.32 Å². The third kappa shape index (κ3) is 0.957. The molecule has 2 rings (SSSR count). The molecule has 0 aromatic carbocycles. The lowest BCUT2D eigenvalue weighted by Gasteiger charge is -2.15. The molecule has 0 aromatic heterocycles. The molecule has 0 aliphatic carbocycles. The van der Waals surface area contributed by atoms with E-state index >= 15 is 0 Å². The summed E-state index contributed by atoms with van der Waals surface area (Å²) in [6.07, 6.45) is 0.379. The molecule has 1 saturated heterocycles. The standard InChI is InChI=1S/C9H9NO4/c1-4-3-6(12)9(8(13)10-4)7(14-9)5(2)11/h3,7H,1-2H3,(H,10,13)/t7-,9-/m0/s1. The minimum absolute atomic E-state index is 0.304. The van der Waals surface area contributed by atoms with E-state index in [1.54, 1.807) is 6.92 Å². The molecular weight excluding hydrogens is 186 g/mol. The molecule has 1 fully saturated rings. The smallest absolute Gasteiger partial charge is 0.267 e. The molecule has 0 unspecified atom stereocenters. The number of nitrogens with one attached hydrogen (secondary N) is 1. The maximum Gasteiger partial charge on any atom is 0.267 e. The monoisotopic (exact) mass is 195 g/mol. The molecule has 1 N–H and O–H groups in total. The average molecular weight is 195 g/mol. The second-order valence-electron chi connectivity index (χ2n) is 3.49. The van der Waals surface area contributed by atoms with Gasteiger partial charge in [0, 0.05) is 11.8 Å². The first-order chi connectivity index (χ1) is 6.48. The molecule has 5 heteroatoms. The van der Waals surface area contributed by atoms with Crippen molar-refractivity contribution in [3.63, 3.8) is 0 Å². The van der Waals surface area contributed by atoms with Crippen molar-refractivity contribution in [3.8, 4) is 0 Å². The lowest BCUT2D eigenvalue weighted by Crippen LogP contribution is -2.48. The second kappa shape index (κ2) is 2.51. The van der Waals surface area contributed by atoms with Crippen LogP contribution >= 0.6 is 0 Å².